The number of fused-ring (bicyclic) bond motifs is 2. The van der Waals surface area contributed by atoms with Gasteiger partial charge in [-0.1, -0.05) is 24.4 Å². The van der Waals surface area contributed by atoms with Gasteiger partial charge in [-0.3, -0.25) is 4.79 Å². The molecule has 4 rings (SSSR count). The predicted octanol–water partition coefficient (Wildman–Crippen LogP) is 2.58. The Bertz CT molecular complexity index is 536. The minimum atomic E-state index is 0.246. The van der Waals surface area contributed by atoms with Gasteiger partial charge in [0, 0.05) is 37.0 Å². The quantitative estimate of drug-likeness (QED) is 0.932. The summed E-state index contributed by atoms with van der Waals surface area (Å²) in [5, 5.41) is 7.82. The number of hydrogen-bond acceptors (Lipinski definition) is 4. The van der Waals surface area contributed by atoms with Gasteiger partial charge in [0.1, 0.15) is 0 Å². The molecule has 3 fully saturated rings. The zero-order chi connectivity index (χ0) is 14.9. The summed E-state index contributed by atoms with van der Waals surface area (Å²) in [6.07, 6.45) is 9.33. The van der Waals surface area contributed by atoms with Gasteiger partial charge in [-0.05, 0) is 25.7 Å². The molecule has 3 aliphatic rings. The van der Waals surface area contributed by atoms with Crippen LogP contribution in [0.1, 0.15) is 68.7 Å². The zero-order valence-electron chi connectivity index (χ0n) is 13.1. The molecule has 2 bridgehead atoms. The summed E-state index contributed by atoms with van der Waals surface area (Å²) in [6, 6.07) is 2.92. The second kappa shape index (κ2) is 6.03. The third kappa shape index (κ3) is 2.91. The van der Waals surface area contributed by atoms with Crippen LogP contribution in [0.2, 0.25) is 0 Å². The molecule has 0 spiro atoms. The van der Waals surface area contributed by atoms with Gasteiger partial charge < -0.3 is 14.7 Å². The Morgan fingerprint density at radius 1 is 1.18 bits per heavy atom. The van der Waals surface area contributed by atoms with Crippen LogP contribution in [0.5, 0.6) is 0 Å². The molecule has 2 saturated heterocycles. The maximum Gasteiger partial charge on any atom is 0.224 e. The van der Waals surface area contributed by atoms with E-state index < -0.39 is 0 Å². The van der Waals surface area contributed by atoms with Gasteiger partial charge in [0.05, 0.1) is 12.2 Å². The van der Waals surface area contributed by atoms with Gasteiger partial charge in [-0.2, -0.15) is 0 Å². The number of carbonyl (C=O) groups excluding carboxylic acids is 1. The summed E-state index contributed by atoms with van der Waals surface area (Å²) in [5.74, 6) is 1.64. The van der Waals surface area contributed by atoms with Gasteiger partial charge >= 0.3 is 0 Å². The fourth-order valence-electron chi connectivity index (χ4n) is 4.25. The molecule has 1 aromatic heterocycles. The van der Waals surface area contributed by atoms with Gasteiger partial charge in [0.2, 0.25) is 5.91 Å². The van der Waals surface area contributed by atoms with Crippen molar-refractivity contribution in [2.24, 2.45) is 0 Å². The van der Waals surface area contributed by atoms with Crippen molar-refractivity contribution in [3.05, 3.63) is 17.5 Å². The summed E-state index contributed by atoms with van der Waals surface area (Å²) >= 11 is 0. The molecular formula is C17H25N3O2. The topological polar surface area (TPSA) is 58.4 Å². The van der Waals surface area contributed by atoms with Crippen molar-refractivity contribution in [1.82, 2.24) is 15.4 Å². The van der Waals surface area contributed by atoms with Crippen LogP contribution >= 0.6 is 0 Å². The van der Waals surface area contributed by atoms with E-state index in [9.17, 15) is 4.79 Å². The normalized spacial score (nSPS) is 29.8. The van der Waals surface area contributed by atoms with Crippen molar-refractivity contribution in [3.63, 3.8) is 0 Å². The molecule has 0 unspecified atom stereocenters. The smallest absolute Gasteiger partial charge is 0.224 e. The summed E-state index contributed by atoms with van der Waals surface area (Å²) in [5.41, 5.74) is 1.09. The molecule has 1 aromatic rings. The third-order valence-electron chi connectivity index (χ3n) is 5.50. The van der Waals surface area contributed by atoms with Crippen LogP contribution in [0.3, 0.4) is 0 Å². The Kier molecular flexibility index (Phi) is 3.90. The standard InChI is InChI=1S/C17H25N3O2/c21-17-8-13-6-7-14(18-13)10-20(17)11-15-9-16(19-22-15)12-4-2-1-3-5-12/h9,12-14,18H,1-8,10-11H2/t13-,14+/m0/s1. The van der Waals surface area contributed by atoms with Crippen molar-refractivity contribution in [3.8, 4) is 0 Å². The van der Waals surface area contributed by atoms with Crippen molar-refractivity contribution in [2.45, 2.75) is 75.9 Å². The molecular weight excluding hydrogens is 278 g/mol. The SMILES string of the molecule is O=C1C[C@@H]2CC[C@H](CN1Cc1cc(C3CCCCC3)no1)N2. The van der Waals surface area contributed by atoms with Crippen molar-refractivity contribution < 1.29 is 9.32 Å². The summed E-state index contributed by atoms with van der Waals surface area (Å²) in [6.45, 7) is 1.37. The fourth-order valence-corrected chi connectivity index (χ4v) is 4.25. The molecule has 22 heavy (non-hydrogen) atoms. The van der Waals surface area contributed by atoms with E-state index in [1.807, 2.05) is 4.90 Å². The second-order valence-corrected chi connectivity index (χ2v) is 7.17. The molecule has 1 saturated carbocycles. The van der Waals surface area contributed by atoms with E-state index in [1.165, 1.54) is 38.5 Å². The molecule has 3 heterocycles. The second-order valence-electron chi connectivity index (χ2n) is 7.17. The molecule has 0 aromatic carbocycles. The first kappa shape index (κ1) is 14.2. The highest BCUT2D eigenvalue weighted by molar-refractivity contribution is 5.77. The Morgan fingerprint density at radius 3 is 2.86 bits per heavy atom. The van der Waals surface area contributed by atoms with E-state index in [4.69, 9.17) is 4.52 Å². The average molecular weight is 303 g/mol. The first-order valence-electron chi connectivity index (χ1n) is 8.77. The highest BCUT2D eigenvalue weighted by Crippen LogP contribution is 2.32. The van der Waals surface area contributed by atoms with Gasteiger partial charge in [0.15, 0.2) is 5.76 Å². The number of rotatable bonds is 3. The minimum absolute atomic E-state index is 0.246. The first-order chi connectivity index (χ1) is 10.8. The summed E-state index contributed by atoms with van der Waals surface area (Å²) in [4.78, 5) is 14.3. The number of carbonyl (C=O) groups is 1. The first-order valence-corrected chi connectivity index (χ1v) is 8.77. The van der Waals surface area contributed by atoms with Crippen LogP contribution in [-0.2, 0) is 11.3 Å². The molecule has 1 aliphatic carbocycles. The zero-order valence-corrected chi connectivity index (χ0v) is 13.1. The maximum atomic E-state index is 12.3. The van der Waals surface area contributed by atoms with Crippen LogP contribution in [0.4, 0.5) is 0 Å². The van der Waals surface area contributed by atoms with Crippen LogP contribution in [0, 0.1) is 0 Å². The molecule has 1 N–H and O–H groups in total. The molecule has 0 radical (unpaired) electrons. The van der Waals surface area contributed by atoms with Crippen LogP contribution < -0.4 is 5.32 Å². The van der Waals surface area contributed by atoms with E-state index in [1.54, 1.807) is 0 Å². The Morgan fingerprint density at radius 2 is 2.00 bits per heavy atom. The lowest BCUT2D eigenvalue weighted by Gasteiger charge is -2.23. The third-order valence-corrected chi connectivity index (χ3v) is 5.50. The highest BCUT2D eigenvalue weighted by atomic mass is 16.5. The Labute approximate surface area is 131 Å². The number of amides is 1. The van der Waals surface area contributed by atoms with E-state index >= 15 is 0 Å². The van der Waals surface area contributed by atoms with Crippen molar-refractivity contribution in [1.29, 1.82) is 0 Å². The average Bonchev–Trinajstić information content (AvgIpc) is 3.13. The van der Waals surface area contributed by atoms with Crippen molar-refractivity contribution >= 4 is 5.91 Å². The number of hydrogen-bond donors (Lipinski definition) is 1. The lowest BCUT2D eigenvalue weighted by molar-refractivity contribution is -0.132. The van der Waals surface area contributed by atoms with Gasteiger partial charge in [-0.15, -0.1) is 0 Å². The van der Waals surface area contributed by atoms with E-state index in [0.717, 1.165) is 24.4 Å². The van der Waals surface area contributed by atoms with Crippen LogP contribution in [0.25, 0.3) is 0 Å². The van der Waals surface area contributed by atoms with Gasteiger partial charge in [-0.25, -0.2) is 0 Å². The fraction of sp³-hybridized carbons (Fsp3) is 0.765. The van der Waals surface area contributed by atoms with Crippen LogP contribution in [-0.4, -0.2) is 34.6 Å². The predicted molar refractivity (Wildman–Crippen MR) is 82.3 cm³/mol. The summed E-state index contributed by atoms with van der Waals surface area (Å²) in [7, 11) is 0. The molecule has 120 valence electrons. The number of aromatic nitrogens is 1. The molecule has 5 heteroatoms. The highest BCUT2D eigenvalue weighted by Gasteiger charge is 2.33. The van der Waals surface area contributed by atoms with Gasteiger partial charge in [0.25, 0.3) is 0 Å². The van der Waals surface area contributed by atoms with Crippen LogP contribution in [0.15, 0.2) is 10.6 Å². The van der Waals surface area contributed by atoms with E-state index in [2.05, 4.69) is 16.5 Å². The lowest BCUT2D eigenvalue weighted by Crippen LogP contribution is -2.37. The number of nitrogens with zero attached hydrogens (tertiary/aromatic N) is 2. The monoisotopic (exact) mass is 303 g/mol. The number of likely N-dealkylation sites (tertiary alicyclic amines) is 1. The van der Waals surface area contributed by atoms with E-state index in [-0.39, 0.29) is 5.91 Å². The Hall–Kier alpha value is -1.36. The number of nitrogens with one attached hydrogen (secondary N) is 1. The molecule has 2 atom stereocenters. The molecule has 1 amide bonds. The maximum absolute atomic E-state index is 12.3. The van der Waals surface area contributed by atoms with E-state index in [0.29, 0.717) is 31.0 Å². The summed E-state index contributed by atoms with van der Waals surface area (Å²) < 4.78 is 5.53. The minimum Gasteiger partial charge on any atom is -0.359 e. The largest absolute Gasteiger partial charge is 0.359 e. The molecule has 2 aliphatic heterocycles. The Balaban J connectivity index is 1.42. The molecule has 5 nitrogen and oxygen atoms in total. The lowest BCUT2D eigenvalue weighted by atomic mass is 9.87. The van der Waals surface area contributed by atoms with Crippen molar-refractivity contribution in [2.75, 3.05) is 6.54 Å².